The van der Waals surface area contributed by atoms with Crippen molar-refractivity contribution in [1.82, 2.24) is 10.8 Å². The van der Waals surface area contributed by atoms with E-state index in [2.05, 4.69) is 22.5 Å². The zero-order chi connectivity index (χ0) is 14.1. The van der Waals surface area contributed by atoms with Gasteiger partial charge in [0.25, 0.3) is 0 Å². The predicted molar refractivity (Wildman–Crippen MR) is 76.8 cm³/mol. The van der Waals surface area contributed by atoms with Crippen molar-refractivity contribution in [2.24, 2.45) is 4.99 Å². The number of hydroxylamine groups is 1. The molecule has 102 valence electrons. The van der Waals surface area contributed by atoms with Gasteiger partial charge in [-0.2, -0.15) is 5.48 Å². The average molecular weight is 252 g/mol. The fourth-order valence-electron chi connectivity index (χ4n) is 1.20. The molecular weight excluding hydrogens is 228 g/mol. The van der Waals surface area contributed by atoms with Crippen LogP contribution in [0.5, 0.6) is 0 Å². The van der Waals surface area contributed by atoms with Crippen LogP contribution in [-0.2, 0) is 4.84 Å². The zero-order valence-corrected chi connectivity index (χ0v) is 11.9. The summed E-state index contributed by atoms with van der Waals surface area (Å²) >= 11 is 0. The average Bonchev–Trinajstić information content (AvgIpc) is 2.32. The predicted octanol–water partition coefficient (Wildman–Crippen LogP) is 2.38. The number of nitrogens with zero attached hydrogens (tertiary/aromatic N) is 1. The van der Waals surface area contributed by atoms with Gasteiger partial charge in [0.05, 0.1) is 5.71 Å². The highest BCUT2D eigenvalue weighted by molar-refractivity contribution is 6.06. The first kappa shape index (κ1) is 16.4. The zero-order valence-electron chi connectivity index (χ0n) is 11.9. The van der Waals surface area contributed by atoms with Crippen molar-refractivity contribution in [2.45, 2.75) is 40.7 Å². The summed E-state index contributed by atoms with van der Waals surface area (Å²) in [6.45, 7) is 13.8. The fraction of sp³-hybridized carbons (Fsp3) is 0.538. The molecule has 5 heteroatoms. The van der Waals surface area contributed by atoms with E-state index in [0.717, 1.165) is 5.57 Å². The van der Waals surface area contributed by atoms with Crippen molar-refractivity contribution < 1.29 is 4.84 Å². The second-order valence-electron chi connectivity index (χ2n) is 4.20. The summed E-state index contributed by atoms with van der Waals surface area (Å²) in [6, 6.07) is 0.247. The molecule has 0 heterocycles. The van der Waals surface area contributed by atoms with Crippen LogP contribution in [0.4, 0.5) is 0 Å². The first-order valence-corrected chi connectivity index (χ1v) is 6.03. The number of hydrogen-bond donors (Lipinski definition) is 3. The quantitative estimate of drug-likeness (QED) is 0.353. The molecular formula is C13H24N4O. The topological polar surface area (TPSA) is 69.5 Å². The fourth-order valence-corrected chi connectivity index (χ4v) is 1.20. The summed E-state index contributed by atoms with van der Waals surface area (Å²) in [5.74, 6) is 1.26. The molecule has 5 nitrogen and oxygen atoms in total. The summed E-state index contributed by atoms with van der Waals surface area (Å²) in [5.41, 5.74) is 3.82. The molecule has 0 radical (unpaired) electrons. The maximum atomic E-state index is 7.97. The molecule has 0 unspecified atom stereocenters. The molecule has 0 spiro atoms. The summed E-state index contributed by atoms with van der Waals surface area (Å²) in [4.78, 5) is 9.10. The van der Waals surface area contributed by atoms with E-state index in [1.54, 1.807) is 13.0 Å². The third-order valence-electron chi connectivity index (χ3n) is 2.07. The lowest BCUT2D eigenvalue weighted by molar-refractivity contribution is 0.112. The van der Waals surface area contributed by atoms with Crippen LogP contribution in [0.3, 0.4) is 0 Å². The van der Waals surface area contributed by atoms with Gasteiger partial charge in [-0.05, 0) is 41.3 Å². The highest BCUT2D eigenvalue weighted by Crippen LogP contribution is 2.07. The Bertz CT molecular complexity index is 356. The van der Waals surface area contributed by atoms with Gasteiger partial charge in [-0.1, -0.05) is 0 Å². The number of aliphatic imine (C=N–C) groups is 1. The Balaban J connectivity index is 4.84. The van der Waals surface area contributed by atoms with Crippen LogP contribution in [0, 0.1) is 5.41 Å². The maximum absolute atomic E-state index is 7.97. The summed E-state index contributed by atoms with van der Waals surface area (Å²) < 4.78 is 0. The molecule has 18 heavy (non-hydrogen) atoms. The molecule has 0 fully saturated rings. The molecule has 3 N–H and O–H groups in total. The normalized spacial score (nSPS) is 13.1. The van der Waals surface area contributed by atoms with Crippen LogP contribution in [0.1, 0.15) is 34.6 Å². The first-order chi connectivity index (χ1) is 8.42. The smallest absolute Gasteiger partial charge is 0.130 e. The highest BCUT2D eigenvalue weighted by Gasteiger charge is 2.06. The third-order valence-corrected chi connectivity index (χ3v) is 2.07. The molecule has 0 aliphatic heterocycles. The molecule has 0 aromatic rings. The minimum atomic E-state index is 0.247. The van der Waals surface area contributed by atoms with E-state index in [1.165, 1.54) is 0 Å². The molecule has 0 amide bonds. The highest BCUT2D eigenvalue weighted by atomic mass is 16.6. The van der Waals surface area contributed by atoms with Crippen molar-refractivity contribution in [2.75, 3.05) is 6.54 Å². The first-order valence-electron chi connectivity index (χ1n) is 6.03. The minimum Gasteiger partial charge on any atom is -0.413 e. The number of allylic oxidation sites excluding steroid dienone is 3. The van der Waals surface area contributed by atoms with Crippen molar-refractivity contribution in [3.8, 4) is 0 Å². The molecule has 0 aromatic carbocycles. The van der Waals surface area contributed by atoms with Crippen LogP contribution in [0.15, 0.2) is 28.2 Å². The van der Waals surface area contributed by atoms with Gasteiger partial charge < -0.3 is 15.6 Å². The number of rotatable bonds is 8. The molecule has 0 atom stereocenters. The van der Waals surface area contributed by atoms with E-state index in [9.17, 15) is 0 Å². The van der Waals surface area contributed by atoms with Crippen molar-refractivity contribution in [1.29, 1.82) is 5.41 Å². The minimum absolute atomic E-state index is 0.247. The Morgan fingerprint density at radius 1 is 1.44 bits per heavy atom. The van der Waals surface area contributed by atoms with Crippen molar-refractivity contribution in [3.05, 3.63) is 23.2 Å². The van der Waals surface area contributed by atoms with Crippen LogP contribution < -0.4 is 10.8 Å². The summed E-state index contributed by atoms with van der Waals surface area (Å²) in [6.07, 6.45) is 1.64. The number of hydrogen-bond acceptors (Lipinski definition) is 5. The van der Waals surface area contributed by atoms with Gasteiger partial charge in [-0.15, -0.1) is 0 Å². The Hall–Kier alpha value is -1.62. The third kappa shape index (κ3) is 6.20. The monoisotopic (exact) mass is 252 g/mol. The second-order valence-corrected chi connectivity index (χ2v) is 4.20. The van der Waals surface area contributed by atoms with Crippen molar-refractivity contribution in [3.63, 3.8) is 0 Å². The second kappa shape index (κ2) is 8.47. The Labute approximate surface area is 109 Å². The van der Waals surface area contributed by atoms with Crippen molar-refractivity contribution >= 4 is 12.4 Å². The summed E-state index contributed by atoms with van der Waals surface area (Å²) in [7, 11) is 0. The molecule has 0 aromatic heterocycles. The Kier molecular flexibility index (Phi) is 7.71. The van der Waals surface area contributed by atoms with E-state index in [0.29, 0.717) is 23.8 Å². The van der Waals surface area contributed by atoms with Crippen LogP contribution in [0.2, 0.25) is 0 Å². The SMILES string of the molecule is C=N/C(NC(C)C)=C(/C)C(=N)/C=C(\C)ONCC. The van der Waals surface area contributed by atoms with Gasteiger partial charge in [0, 0.05) is 24.2 Å². The lowest BCUT2D eigenvalue weighted by Crippen LogP contribution is -2.23. The van der Waals surface area contributed by atoms with Gasteiger partial charge in [0.2, 0.25) is 0 Å². The van der Waals surface area contributed by atoms with E-state index in [4.69, 9.17) is 10.2 Å². The molecule has 0 saturated carbocycles. The number of nitrogens with one attached hydrogen (secondary N) is 3. The van der Waals surface area contributed by atoms with Gasteiger partial charge in [-0.25, -0.2) is 4.99 Å². The van der Waals surface area contributed by atoms with Crippen LogP contribution in [0.25, 0.3) is 0 Å². The lowest BCUT2D eigenvalue weighted by Gasteiger charge is -2.13. The van der Waals surface area contributed by atoms with E-state index >= 15 is 0 Å². The van der Waals surface area contributed by atoms with Crippen LogP contribution >= 0.6 is 0 Å². The van der Waals surface area contributed by atoms with E-state index in [1.807, 2.05) is 27.7 Å². The molecule has 0 aliphatic rings. The Morgan fingerprint density at radius 3 is 2.50 bits per heavy atom. The van der Waals surface area contributed by atoms with Gasteiger partial charge >= 0.3 is 0 Å². The molecule has 0 saturated heterocycles. The molecule has 0 rings (SSSR count). The molecule has 0 aliphatic carbocycles. The van der Waals surface area contributed by atoms with Gasteiger partial charge in [0.1, 0.15) is 11.6 Å². The lowest BCUT2D eigenvalue weighted by atomic mass is 10.1. The van der Waals surface area contributed by atoms with E-state index in [-0.39, 0.29) is 6.04 Å². The van der Waals surface area contributed by atoms with E-state index < -0.39 is 0 Å². The van der Waals surface area contributed by atoms with Gasteiger partial charge in [0.15, 0.2) is 0 Å². The largest absolute Gasteiger partial charge is 0.413 e. The maximum Gasteiger partial charge on any atom is 0.130 e. The summed E-state index contributed by atoms with van der Waals surface area (Å²) in [5, 5.41) is 11.1. The Morgan fingerprint density at radius 2 is 2.06 bits per heavy atom. The molecule has 0 bridgehead atoms. The standard InChI is InChI=1S/C13H24N4O/c1-7-16-18-10(4)8-12(14)11(5)13(15-6)17-9(2)3/h8-9,14,16-17H,6-7H2,1-5H3/b10-8+,13-11+,14-12?. The van der Waals surface area contributed by atoms with Crippen LogP contribution in [-0.4, -0.2) is 25.0 Å². The van der Waals surface area contributed by atoms with Gasteiger partial charge in [-0.3, -0.25) is 0 Å².